The topological polar surface area (TPSA) is 46.5 Å². The lowest BCUT2D eigenvalue weighted by Gasteiger charge is -2.32. The van der Waals surface area contributed by atoms with E-state index in [-0.39, 0.29) is 12.5 Å². The van der Waals surface area contributed by atoms with E-state index in [9.17, 15) is 13.6 Å². The Morgan fingerprint density at radius 3 is 2.58 bits per heavy atom. The van der Waals surface area contributed by atoms with Crippen LogP contribution in [0.1, 0.15) is 12.8 Å². The molecule has 1 saturated carbocycles. The van der Waals surface area contributed by atoms with Crippen molar-refractivity contribution in [3.05, 3.63) is 0 Å². The molecule has 0 radical (unpaired) electrons. The highest BCUT2D eigenvalue weighted by Crippen LogP contribution is 2.34. The van der Waals surface area contributed by atoms with Crippen LogP contribution in [0.15, 0.2) is 0 Å². The highest BCUT2D eigenvalue weighted by atomic mass is 19.3. The first-order valence-electron chi connectivity index (χ1n) is 3.74. The first-order valence-corrected chi connectivity index (χ1v) is 3.74. The van der Waals surface area contributed by atoms with E-state index in [0.29, 0.717) is 12.8 Å². The molecule has 3 nitrogen and oxygen atoms in total. The molecule has 1 rings (SSSR count). The Bertz CT molecular complexity index is 172. The van der Waals surface area contributed by atoms with Gasteiger partial charge in [-0.2, -0.15) is 8.78 Å². The Labute approximate surface area is 68.3 Å². The Kier molecular flexibility index (Phi) is 2.97. The monoisotopic (exact) mass is 180 g/mol. The Hall–Kier alpha value is -0.710. The summed E-state index contributed by atoms with van der Waals surface area (Å²) in [5.41, 5.74) is 0. The molecule has 0 aromatic rings. The first kappa shape index (κ1) is 9.38. The fourth-order valence-electron chi connectivity index (χ4n) is 1.29. The van der Waals surface area contributed by atoms with Crippen LogP contribution >= 0.6 is 0 Å². The lowest BCUT2D eigenvalue weighted by molar-refractivity contribution is -0.165. The van der Waals surface area contributed by atoms with Gasteiger partial charge in [-0.3, -0.25) is 4.79 Å². The molecule has 0 spiro atoms. The van der Waals surface area contributed by atoms with Gasteiger partial charge in [-0.1, -0.05) is 0 Å². The van der Waals surface area contributed by atoms with Crippen molar-refractivity contribution < 1.29 is 23.4 Å². The number of carbonyl (C=O) groups is 1. The number of halogens is 2. The van der Waals surface area contributed by atoms with Crippen molar-refractivity contribution in [2.24, 2.45) is 11.8 Å². The van der Waals surface area contributed by atoms with Crippen molar-refractivity contribution in [2.45, 2.75) is 19.5 Å². The zero-order valence-electron chi connectivity index (χ0n) is 6.37. The van der Waals surface area contributed by atoms with Crippen molar-refractivity contribution in [3.8, 4) is 0 Å². The molecule has 0 heterocycles. The van der Waals surface area contributed by atoms with Gasteiger partial charge in [-0.25, -0.2) is 0 Å². The predicted molar refractivity (Wildman–Crippen MR) is 35.8 cm³/mol. The zero-order valence-corrected chi connectivity index (χ0v) is 6.37. The molecule has 1 unspecified atom stereocenters. The third kappa shape index (κ3) is 2.14. The van der Waals surface area contributed by atoms with Crippen LogP contribution in [-0.2, 0) is 9.53 Å². The molecule has 0 bridgehead atoms. The van der Waals surface area contributed by atoms with E-state index in [4.69, 9.17) is 5.11 Å². The highest BCUT2D eigenvalue weighted by molar-refractivity contribution is 5.71. The smallest absolute Gasteiger partial charge is 0.345 e. The maximum absolute atomic E-state index is 11.5. The molecular formula is C7H10F2O3. The maximum atomic E-state index is 11.5. The molecule has 1 fully saturated rings. The van der Waals surface area contributed by atoms with Gasteiger partial charge in [0, 0.05) is 0 Å². The Morgan fingerprint density at radius 1 is 1.58 bits per heavy atom. The average molecular weight is 180 g/mol. The second kappa shape index (κ2) is 3.80. The largest absolute Gasteiger partial charge is 0.481 e. The van der Waals surface area contributed by atoms with Crippen LogP contribution in [0.4, 0.5) is 8.78 Å². The molecule has 0 amide bonds. The summed E-state index contributed by atoms with van der Waals surface area (Å²) in [6.07, 6.45) is 1.25. The summed E-state index contributed by atoms with van der Waals surface area (Å²) in [4.78, 5) is 10.4. The molecule has 12 heavy (non-hydrogen) atoms. The number of carboxylic acid groups (broad SMARTS) is 1. The van der Waals surface area contributed by atoms with Crippen molar-refractivity contribution in [1.82, 2.24) is 0 Å². The SMILES string of the molecule is O=C(O)C1CC[C@H]1COC(F)F. The van der Waals surface area contributed by atoms with E-state index >= 15 is 0 Å². The molecule has 70 valence electrons. The Balaban J connectivity index is 2.21. The van der Waals surface area contributed by atoms with Crippen LogP contribution in [0.2, 0.25) is 0 Å². The summed E-state index contributed by atoms with van der Waals surface area (Å²) in [6, 6.07) is 0. The summed E-state index contributed by atoms with van der Waals surface area (Å²) in [5, 5.41) is 8.53. The quantitative estimate of drug-likeness (QED) is 0.710. The van der Waals surface area contributed by atoms with Crippen molar-refractivity contribution >= 4 is 5.97 Å². The molecule has 0 aromatic heterocycles. The molecule has 1 aliphatic rings. The summed E-state index contributed by atoms with van der Waals surface area (Å²) in [7, 11) is 0. The number of rotatable bonds is 4. The molecule has 0 saturated heterocycles. The van der Waals surface area contributed by atoms with Gasteiger partial charge in [0.25, 0.3) is 0 Å². The second-order valence-corrected chi connectivity index (χ2v) is 2.88. The van der Waals surface area contributed by atoms with Crippen LogP contribution in [0.25, 0.3) is 0 Å². The van der Waals surface area contributed by atoms with Crippen molar-refractivity contribution in [2.75, 3.05) is 6.61 Å². The van der Waals surface area contributed by atoms with Gasteiger partial charge in [0.2, 0.25) is 0 Å². The molecular weight excluding hydrogens is 170 g/mol. The zero-order chi connectivity index (χ0) is 9.14. The van der Waals surface area contributed by atoms with Gasteiger partial charge < -0.3 is 9.84 Å². The summed E-state index contributed by atoms with van der Waals surface area (Å²) in [5.74, 6) is -1.62. The average Bonchev–Trinajstić information content (AvgIpc) is 1.82. The Morgan fingerprint density at radius 2 is 2.25 bits per heavy atom. The standard InChI is InChI=1S/C7H10F2O3/c8-7(9)12-3-4-1-2-5(4)6(10)11/h4-5,7H,1-3H2,(H,10,11)/t4-,5?/m0/s1. The second-order valence-electron chi connectivity index (χ2n) is 2.88. The predicted octanol–water partition coefficient (Wildman–Crippen LogP) is 1.34. The van der Waals surface area contributed by atoms with Gasteiger partial charge >= 0.3 is 12.6 Å². The van der Waals surface area contributed by atoms with E-state index in [2.05, 4.69) is 4.74 Å². The van der Waals surface area contributed by atoms with E-state index < -0.39 is 18.5 Å². The van der Waals surface area contributed by atoms with Gasteiger partial charge in [0.05, 0.1) is 12.5 Å². The van der Waals surface area contributed by atoms with Gasteiger partial charge in [-0.05, 0) is 18.8 Å². The number of hydrogen-bond acceptors (Lipinski definition) is 2. The fourth-order valence-corrected chi connectivity index (χ4v) is 1.29. The van der Waals surface area contributed by atoms with E-state index in [1.54, 1.807) is 0 Å². The summed E-state index contributed by atoms with van der Waals surface area (Å²) >= 11 is 0. The molecule has 0 aliphatic heterocycles. The van der Waals surface area contributed by atoms with Gasteiger partial charge in [0.15, 0.2) is 0 Å². The van der Waals surface area contributed by atoms with E-state index in [0.717, 1.165) is 0 Å². The number of aliphatic carboxylic acids is 1. The molecule has 1 N–H and O–H groups in total. The molecule has 1 aliphatic carbocycles. The van der Waals surface area contributed by atoms with E-state index in [1.807, 2.05) is 0 Å². The minimum atomic E-state index is -2.79. The van der Waals surface area contributed by atoms with Crippen molar-refractivity contribution in [3.63, 3.8) is 0 Å². The molecule has 2 atom stereocenters. The van der Waals surface area contributed by atoms with Crippen LogP contribution in [0, 0.1) is 11.8 Å². The number of alkyl halides is 2. The number of ether oxygens (including phenoxy) is 1. The third-order valence-electron chi connectivity index (χ3n) is 2.17. The van der Waals surface area contributed by atoms with Crippen LogP contribution in [0.5, 0.6) is 0 Å². The van der Waals surface area contributed by atoms with Crippen LogP contribution in [-0.4, -0.2) is 24.3 Å². The lowest BCUT2D eigenvalue weighted by Crippen LogP contribution is -2.36. The fraction of sp³-hybridized carbons (Fsp3) is 0.857. The molecule has 0 aromatic carbocycles. The molecule has 5 heteroatoms. The van der Waals surface area contributed by atoms with Crippen molar-refractivity contribution in [1.29, 1.82) is 0 Å². The summed E-state index contributed by atoms with van der Waals surface area (Å²) in [6.45, 7) is -2.94. The summed E-state index contributed by atoms with van der Waals surface area (Å²) < 4.78 is 27.1. The van der Waals surface area contributed by atoms with Gasteiger partial charge in [0.1, 0.15) is 0 Å². The van der Waals surface area contributed by atoms with E-state index in [1.165, 1.54) is 0 Å². The number of hydrogen-bond donors (Lipinski definition) is 1. The number of carboxylic acids is 1. The maximum Gasteiger partial charge on any atom is 0.345 e. The van der Waals surface area contributed by atoms with Crippen LogP contribution in [0.3, 0.4) is 0 Å². The van der Waals surface area contributed by atoms with Crippen LogP contribution < -0.4 is 0 Å². The first-order chi connectivity index (χ1) is 5.61. The third-order valence-corrected chi connectivity index (χ3v) is 2.17. The normalized spacial score (nSPS) is 28.6. The lowest BCUT2D eigenvalue weighted by atomic mass is 9.74. The minimum Gasteiger partial charge on any atom is -0.481 e. The highest BCUT2D eigenvalue weighted by Gasteiger charge is 2.36. The van der Waals surface area contributed by atoms with Gasteiger partial charge in [-0.15, -0.1) is 0 Å². The minimum absolute atomic E-state index is 0.144.